The number of aromatic carboxylic acids is 1. The fourth-order valence-corrected chi connectivity index (χ4v) is 2.89. The summed E-state index contributed by atoms with van der Waals surface area (Å²) in [6, 6.07) is 6.87. The number of amides is 1. The lowest BCUT2D eigenvalue weighted by Crippen LogP contribution is -2.34. The Kier molecular flexibility index (Phi) is 4.12. The Balaban J connectivity index is 1.97. The van der Waals surface area contributed by atoms with E-state index in [9.17, 15) is 9.59 Å². The van der Waals surface area contributed by atoms with Crippen LogP contribution in [0.1, 0.15) is 49.0 Å². The van der Waals surface area contributed by atoms with Crippen LogP contribution < -0.4 is 5.32 Å². The molecule has 0 radical (unpaired) electrons. The van der Waals surface area contributed by atoms with E-state index in [-0.39, 0.29) is 29.3 Å². The van der Waals surface area contributed by atoms with Gasteiger partial charge in [0.1, 0.15) is 0 Å². The molecule has 1 amide bonds. The van der Waals surface area contributed by atoms with E-state index < -0.39 is 5.97 Å². The van der Waals surface area contributed by atoms with E-state index in [1.807, 2.05) is 0 Å². The Morgan fingerprint density at radius 3 is 2.65 bits per heavy atom. The second-order valence-electron chi connectivity index (χ2n) is 6.31. The van der Waals surface area contributed by atoms with Gasteiger partial charge in [-0.05, 0) is 36.3 Å². The number of carbonyl (C=O) groups excluding carboxylic acids is 1. The minimum Gasteiger partial charge on any atom is -0.478 e. The highest BCUT2D eigenvalue weighted by Crippen LogP contribution is 2.36. The molecule has 1 aromatic rings. The third kappa shape index (κ3) is 3.59. The molecule has 1 aliphatic carbocycles. The first-order chi connectivity index (χ1) is 9.37. The van der Waals surface area contributed by atoms with Crippen molar-refractivity contribution in [2.45, 2.75) is 45.6 Å². The third-order valence-electron chi connectivity index (χ3n) is 3.93. The Hall–Kier alpha value is -1.84. The van der Waals surface area contributed by atoms with Gasteiger partial charge in [-0.2, -0.15) is 0 Å². The molecule has 1 atom stereocenters. The second-order valence-corrected chi connectivity index (χ2v) is 6.31. The van der Waals surface area contributed by atoms with Crippen molar-refractivity contribution in [3.8, 4) is 0 Å². The molecule has 4 nitrogen and oxygen atoms in total. The van der Waals surface area contributed by atoms with Gasteiger partial charge in [0, 0.05) is 6.04 Å². The number of nitrogens with one attached hydrogen (secondary N) is 1. The van der Waals surface area contributed by atoms with Crippen molar-refractivity contribution in [3.05, 3.63) is 35.4 Å². The first-order valence-electron chi connectivity index (χ1n) is 6.98. The van der Waals surface area contributed by atoms with Crippen molar-refractivity contribution in [1.29, 1.82) is 0 Å². The summed E-state index contributed by atoms with van der Waals surface area (Å²) in [5.74, 6) is -1.09. The molecule has 0 saturated heterocycles. The van der Waals surface area contributed by atoms with Crippen LogP contribution in [0.15, 0.2) is 24.3 Å². The van der Waals surface area contributed by atoms with Crippen LogP contribution in [0.25, 0.3) is 0 Å². The predicted molar refractivity (Wildman–Crippen MR) is 76.7 cm³/mol. The molecule has 0 aromatic heterocycles. The van der Waals surface area contributed by atoms with E-state index in [4.69, 9.17) is 5.11 Å². The number of hydrogen-bond donors (Lipinski definition) is 2. The number of benzene rings is 1. The smallest absolute Gasteiger partial charge is 0.335 e. The van der Waals surface area contributed by atoms with Crippen LogP contribution in [0.3, 0.4) is 0 Å². The zero-order chi connectivity index (χ0) is 14.8. The Morgan fingerprint density at radius 2 is 2.05 bits per heavy atom. The van der Waals surface area contributed by atoms with Crippen LogP contribution in [-0.2, 0) is 11.2 Å². The average molecular weight is 275 g/mol. The van der Waals surface area contributed by atoms with E-state index in [1.54, 1.807) is 18.2 Å². The van der Waals surface area contributed by atoms with Crippen LogP contribution in [0.4, 0.5) is 0 Å². The second kappa shape index (κ2) is 5.65. The summed E-state index contributed by atoms with van der Waals surface area (Å²) < 4.78 is 0. The van der Waals surface area contributed by atoms with E-state index in [0.717, 1.165) is 19.3 Å². The molecule has 0 spiro atoms. The summed E-state index contributed by atoms with van der Waals surface area (Å²) in [5, 5.41) is 12.1. The fourth-order valence-electron chi connectivity index (χ4n) is 2.89. The summed E-state index contributed by atoms with van der Waals surface area (Å²) in [5.41, 5.74) is 1.06. The van der Waals surface area contributed by atoms with Crippen molar-refractivity contribution in [3.63, 3.8) is 0 Å². The van der Waals surface area contributed by atoms with E-state index in [0.29, 0.717) is 5.56 Å². The lowest BCUT2D eigenvalue weighted by molar-refractivity contribution is -0.121. The maximum Gasteiger partial charge on any atom is 0.335 e. The lowest BCUT2D eigenvalue weighted by Gasteiger charge is -2.18. The van der Waals surface area contributed by atoms with Gasteiger partial charge in [0.15, 0.2) is 0 Å². The molecule has 0 bridgehead atoms. The Bertz CT molecular complexity index is 522. The molecule has 20 heavy (non-hydrogen) atoms. The molecule has 2 N–H and O–H groups in total. The van der Waals surface area contributed by atoms with Gasteiger partial charge < -0.3 is 10.4 Å². The highest BCUT2D eigenvalue weighted by molar-refractivity contribution is 5.91. The summed E-state index contributed by atoms with van der Waals surface area (Å²) in [7, 11) is 0. The van der Waals surface area contributed by atoms with E-state index in [2.05, 4.69) is 19.2 Å². The lowest BCUT2D eigenvalue weighted by atomic mass is 9.92. The monoisotopic (exact) mass is 275 g/mol. The molecule has 108 valence electrons. The number of rotatable bonds is 4. The number of carbonyl (C=O) groups is 2. The summed E-state index contributed by atoms with van der Waals surface area (Å²) in [6.07, 6.45) is 3.22. The van der Waals surface area contributed by atoms with Gasteiger partial charge >= 0.3 is 5.97 Å². The summed E-state index contributed by atoms with van der Waals surface area (Å²) >= 11 is 0. The largest absolute Gasteiger partial charge is 0.478 e. The predicted octanol–water partition coefficient (Wildman–Crippen LogP) is 2.62. The standard InChI is InChI=1S/C16H21NO3/c1-16(2)8-7-12(10-16)17-14(18)9-11-5-3-4-6-13(11)15(19)20/h3-6,12H,7-10H2,1-2H3,(H,17,18)(H,19,20). The molecule has 4 heteroatoms. The highest BCUT2D eigenvalue weighted by atomic mass is 16.4. The van der Waals surface area contributed by atoms with Crippen LogP contribution in [-0.4, -0.2) is 23.0 Å². The summed E-state index contributed by atoms with van der Waals surface area (Å²) in [6.45, 7) is 4.41. The van der Waals surface area contributed by atoms with Gasteiger partial charge in [-0.3, -0.25) is 4.79 Å². The fraction of sp³-hybridized carbons (Fsp3) is 0.500. The zero-order valence-electron chi connectivity index (χ0n) is 12.0. The van der Waals surface area contributed by atoms with Gasteiger partial charge in [-0.1, -0.05) is 32.0 Å². The number of hydrogen-bond acceptors (Lipinski definition) is 2. The summed E-state index contributed by atoms with van der Waals surface area (Å²) in [4.78, 5) is 23.2. The molecule has 0 heterocycles. The molecule has 1 fully saturated rings. The first kappa shape index (κ1) is 14.6. The Labute approximate surface area is 119 Å². The van der Waals surface area contributed by atoms with Gasteiger partial charge in [0.2, 0.25) is 5.91 Å². The SMILES string of the molecule is CC1(C)CCC(NC(=O)Cc2ccccc2C(=O)O)C1. The molecule has 0 aliphatic heterocycles. The molecule has 1 aromatic carbocycles. The quantitative estimate of drug-likeness (QED) is 0.887. The minimum absolute atomic E-state index is 0.0959. The van der Waals surface area contributed by atoms with Crippen LogP contribution >= 0.6 is 0 Å². The number of carboxylic acids is 1. The van der Waals surface area contributed by atoms with Crippen molar-refractivity contribution >= 4 is 11.9 Å². The minimum atomic E-state index is -0.990. The van der Waals surface area contributed by atoms with Crippen LogP contribution in [0.5, 0.6) is 0 Å². The highest BCUT2D eigenvalue weighted by Gasteiger charge is 2.31. The Morgan fingerprint density at radius 1 is 1.35 bits per heavy atom. The molecule has 1 unspecified atom stereocenters. The molecular weight excluding hydrogens is 254 g/mol. The number of carboxylic acid groups (broad SMARTS) is 1. The normalized spacial score (nSPS) is 20.6. The maximum atomic E-state index is 12.1. The topological polar surface area (TPSA) is 66.4 Å². The zero-order valence-corrected chi connectivity index (χ0v) is 12.0. The molecular formula is C16H21NO3. The third-order valence-corrected chi connectivity index (χ3v) is 3.93. The van der Waals surface area contributed by atoms with Gasteiger partial charge in [0.25, 0.3) is 0 Å². The van der Waals surface area contributed by atoms with Crippen LogP contribution in [0.2, 0.25) is 0 Å². The molecule has 1 aliphatic rings. The van der Waals surface area contributed by atoms with Gasteiger partial charge in [-0.15, -0.1) is 0 Å². The average Bonchev–Trinajstić information content (AvgIpc) is 2.68. The molecule has 1 saturated carbocycles. The van der Waals surface area contributed by atoms with Crippen molar-refractivity contribution in [2.75, 3.05) is 0 Å². The van der Waals surface area contributed by atoms with Crippen molar-refractivity contribution in [2.24, 2.45) is 5.41 Å². The van der Waals surface area contributed by atoms with E-state index in [1.165, 1.54) is 6.07 Å². The maximum absolute atomic E-state index is 12.1. The van der Waals surface area contributed by atoms with Crippen molar-refractivity contribution in [1.82, 2.24) is 5.32 Å². The van der Waals surface area contributed by atoms with E-state index >= 15 is 0 Å². The van der Waals surface area contributed by atoms with Gasteiger partial charge in [0.05, 0.1) is 12.0 Å². The van der Waals surface area contributed by atoms with Gasteiger partial charge in [-0.25, -0.2) is 4.79 Å². The first-order valence-corrected chi connectivity index (χ1v) is 6.98. The van der Waals surface area contributed by atoms with Crippen molar-refractivity contribution < 1.29 is 14.7 Å². The molecule has 2 rings (SSSR count). The van der Waals surface area contributed by atoms with Crippen LogP contribution in [0, 0.1) is 5.41 Å².